The zero-order valence-electron chi connectivity index (χ0n) is 12.8. The molecule has 0 aliphatic heterocycles. The van der Waals surface area contributed by atoms with Gasteiger partial charge in [-0.3, -0.25) is 0 Å². The molecular weight excluding hydrogens is 246 g/mol. The third-order valence-corrected chi connectivity index (χ3v) is 3.93. The molecule has 2 aromatic rings. The maximum atomic E-state index is 9.21. The molecule has 2 rings (SSSR count). The topological polar surface area (TPSA) is 42.8 Å². The maximum Gasteiger partial charge on any atom is 0.0672 e. The first-order chi connectivity index (χ1) is 9.52. The van der Waals surface area contributed by atoms with Crippen LogP contribution < -0.4 is 0 Å². The number of nitriles is 1. The smallest absolute Gasteiger partial charge is 0.0672 e. The van der Waals surface area contributed by atoms with E-state index in [9.17, 15) is 5.26 Å². The summed E-state index contributed by atoms with van der Waals surface area (Å²) in [5.74, 6) is 0.483. The van der Waals surface area contributed by atoms with Gasteiger partial charge in [-0.05, 0) is 31.5 Å². The number of para-hydroxylation sites is 1. The number of nitrogens with one attached hydrogen (secondary N) is 1. The Hall–Kier alpha value is -1.79. The van der Waals surface area contributed by atoms with E-state index in [2.05, 4.69) is 68.0 Å². The van der Waals surface area contributed by atoms with E-state index < -0.39 is 0 Å². The van der Waals surface area contributed by atoms with Gasteiger partial charge in [0.15, 0.2) is 0 Å². The Labute approximate surface area is 121 Å². The van der Waals surface area contributed by atoms with Gasteiger partial charge in [0.1, 0.15) is 0 Å². The Morgan fingerprint density at radius 3 is 2.65 bits per heavy atom. The molecule has 1 atom stereocenters. The van der Waals surface area contributed by atoms with Crippen LogP contribution in [0.4, 0.5) is 0 Å². The van der Waals surface area contributed by atoms with Gasteiger partial charge in [0.25, 0.3) is 0 Å². The lowest BCUT2D eigenvalue weighted by atomic mass is 9.97. The fraction of sp³-hybridized carbons (Fsp3) is 0.471. The molecule has 1 N–H and O–H groups in total. The lowest BCUT2D eigenvalue weighted by molar-refractivity contribution is 0.266. The Morgan fingerprint density at radius 1 is 1.30 bits per heavy atom. The average molecular weight is 269 g/mol. The van der Waals surface area contributed by atoms with Crippen LogP contribution >= 0.6 is 0 Å². The number of aryl methyl sites for hydroxylation is 1. The highest BCUT2D eigenvalue weighted by molar-refractivity contribution is 5.84. The van der Waals surface area contributed by atoms with Gasteiger partial charge in [0, 0.05) is 29.7 Å². The van der Waals surface area contributed by atoms with Crippen molar-refractivity contribution < 1.29 is 0 Å². The Morgan fingerprint density at radius 2 is 2.00 bits per heavy atom. The van der Waals surface area contributed by atoms with Gasteiger partial charge in [-0.2, -0.15) is 5.26 Å². The standard InChI is InChI=1S/C17H23N3/c1-12(2)14(9-18)10-20(4)11-16-13(3)19-17-8-6-5-7-15(16)17/h5-8,12,14,19H,10-11H2,1-4H3. The van der Waals surface area contributed by atoms with E-state index in [4.69, 9.17) is 0 Å². The number of hydrogen-bond acceptors (Lipinski definition) is 2. The van der Waals surface area contributed by atoms with Crippen LogP contribution in [-0.4, -0.2) is 23.5 Å². The van der Waals surface area contributed by atoms with E-state index in [1.807, 2.05) is 0 Å². The quantitative estimate of drug-likeness (QED) is 0.899. The minimum absolute atomic E-state index is 0.0884. The van der Waals surface area contributed by atoms with Crippen LogP contribution in [0.3, 0.4) is 0 Å². The molecular formula is C17H23N3. The number of rotatable bonds is 5. The van der Waals surface area contributed by atoms with Crippen molar-refractivity contribution in [2.75, 3.05) is 13.6 Å². The SMILES string of the molecule is Cc1[nH]c2ccccc2c1CN(C)CC(C#N)C(C)C. The fourth-order valence-electron chi connectivity index (χ4n) is 2.61. The molecule has 1 unspecified atom stereocenters. The third kappa shape index (κ3) is 3.02. The molecule has 1 heterocycles. The molecule has 3 nitrogen and oxygen atoms in total. The van der Waals surface area contributed by atoms with E-state index >= 15 is 0 Å². The van der Waals surface area contributed by atoms with E-state index in [0.717, 1.165) is 13.1 Å². The highest BCUT2D eigenvalue weighted by atomic mass is 15.1. The molecule has 20 heavy (non-hydrogen) atoms. The monoisotopic (exact) mass is 269 g/mol. The van der Waals surface area contributed by atoms with Crippen molar-refractivity contribution in [2.45, 2.75) is 27.3 Å². The van der Waals surface area contributed by atoms with Crippen molar-refractivity contribution in [3.63, 3.8) is 0 Å². The summed E-state index contributed by atoms with van der Waals surface area (Å²) in [6, 6.07) is 10.8. The third-order valence-electron chi connectivity index (χ3n) is 3.93. The summed E-state index contributed by atoms with van der Waals surface area (Å²) in [4.78, 5) is 5.68. The van der Waals surface area contributed by atoms with Gasteiger partial charge in [0.2, 0.25) is 0 Å². The molecule has 0 fully saturated rings. The zero-order valence-corrected chi connectivity index (χ0v) is 12.8. The first-order valence-electron chi connectivity index (χ1n) is 7.17. The van der Waals surface area contributed by atoms with E-state index in [-0.39, 0.29) is 5.92 Å². The van der Waals surface area contributed by atoms with E-state index in [1.54, 1.807) is 0 Å². The zero-order chi connectivity index (χ0) is 14.7. The highest BCUT2D eigenvalue weighted by Crippen LogP contribution is 2.23. The summed E-state index contributed by atoms with van der Waals surface area (Å²) in [5, 5.41) is 10.5. The van der Waals surface area contributed by atoms with Crippen LogP contribution in [0.1, 0.15) is 25.1 Å². The second-order valence-electron chi connectivity index (χ2n) is 5.95. The molecule has 0 saturated carbocycles. The fourth-order valence-corrected chi connectivity index (χ4v) is 2.61. The normalized spacial score (nSPS) is 13.1. The van der Waals surface area contributed by atoms with Crippen LogP contribution in [0, 0.1) is 30.1 Å². The van der Waals surface area contributed by atoms with E-state index in [0.29, 0.717) is 5.92 Å². The Bertz CT molecular complexity index is 619. The predicted octanol–water partition coefficient (Wildman–Crippen LogP) is 3.70. The molecule has 1 aromatic carbocycles. The molecule has 0 saturated heterocycles. The van der Waals surface area contributed by atoms with Gasteiger partial charge in [-0.25, -0.2) is 0 Å². The molecule has 0 spiro atoms. The predicted molar refractivity (Wildman–Crippen MR) is 83.3 cm³/mol. The number of nitrogens with zero attached hydrogens (tertiary/aromatic N) is 2. The number of hydrogen-bond donors (Lipinski definition) is 1. The summed E-state index contributed by atoms with van der Waals surface area (Å²) in [6.45, 7) is 8.03. The maximum absolute atomic E-state index is 9.21. The first kappa shape index (κ1) is 14.6. The largest absolute Gasteiger partial charge is 0.358 e. The molecule has 0 amide bonds. The van der Waals surface area contributed by atoms with Crippen LogP contribution in [0.2, 0.25) is 0 Å². The minimum Gasteiger partial charge on any atom is -0.358 e. The van der Waals surface area contributed by atoms with Gasteiger partial charge >= 0.3 is 0 Å². The van der Waals surface area contributed by atoms with Crippen molar-refractivity contribution in [1.82, 2.24) is 9.88 Å². The Kier molecular flexibility index (Phi) is 4.46. The van der Waals surface area contributed by atoms with Gasteiger partial charge in [0.05, 0.1) is 12.0 Å². The van der Waals surface area contributed by atoms with Crippen LogP contribution in [0.25, 0.3) is 10.9 Å². The molecule has 0 bridgehead atoms. The number of aromatic nitrogens is 1. The average Bonchev–Trinajstić information content (AvgIpc) is 2.72. The molecule has 106 valence electrons. The Balaban J connectivity index is 2.16. The molecule has 1 aromatic heterocycles. The molecule has 0 radical (unpaired) electrons. The van der Waals surface area contributed by atoms with Crippen molar-refractivity contribution >= 4 is 10.9 Å². The van der Waals surface area contributed by atoms with Crippen molar-refractivity contribution in [2.24, 2.45) is 11.8 Å². The van der Waals surface area contributed by atoms with Gasteiger partial charge < -0.3 is 9.88 Å². The second kappa shape index (κ2) is 6.11. The van der Waals surface area contributed by atoms with Crippen LogP contribution in [-0.2, 0) is 6.54 Å². The summed E-state index contributed by atoms with van der Waals surface area (Å²) in [7, 11) is 2.09. The summed E-state index contributed by atoms with van der Waals surface area (Å²) in [5.41, 5.74) is 3.74. The van der Waals surface area contributed by atoms with Gasteiger partial charge in [-0.1, -0.05) is 32.0 Å². The highest BCUT2D eigenvalue weighted by Gasteiger charge is 2.16. The number of fused-ring (bicyclic) bond motifs is 1. The number of H-pyrrole nitrogens is 1. The molecule has 0 aliphatic carbocycles. The van der Waals surface area contributed by atoms with Gasteiger partial charge in [-0.15, -0.1) is 0 Å². The minimum atomic E-state index is 0.0884. The van der Waals surface area contributed by atoms with E-state index in [1.165, 1.54) is 22.2 Å². The molecule has 0 aliphatic rings. The summed E-state index contributed by atoms with van der Waals surface area (Å²) >= 11 is 0. The second-order valence-corrected chi connectivity index (χ2v) is 5.95. The lowest BCUT2D eigenvalue weighted by Gasteiger charge is -2.22. The van der Waals surface area contributed by atoms with Crippen molar-refractivity contribution in [1.29, 1.82) is 5.26 Å². The van der Waals surface area contributed by atoms with Crippen molar-refractivity contribution in [3.05, 3.63) is 35.5 Å². The first-order valence-corrected chi connectivity index (χ1v) is 7.17. The van der Waals surface area contributed by atoms with Crippen LogP contribution in [0.5, 0.6) is 0 Å². The number of aromatic amines is 1. The summed E-state index contributed by atoms with van der Waals surface area (Å²) in [6.07, 6.45) is 0. The molecule has 3 heteroatoms. The summed E-state index contributed by atoms with van der Waals surface area (Å²) < 4.78 is 0. The van der Waals surface area contributed by atoms with Crippen molar-refractivity contribution in [3.8, 4) is 6.07 Å². The lowest BCUT2D eigenvalue weighted by Crippen LogP contribution is -2.27. The number of benzene rings is 1. The van der Waals surface area contributed by atoms with Crippen LogP contribution in [0.15, 0.2) is 24.3 Å².